The lowest BCUT2D eigenvalue weighted by Crippen LogP contribution is -2.27. The Morgan fingerprint density at radius 3 is 2.80 bits per heavy atom. The molecule has 35 heavy (non-hydrogen) atoms. The molecule has 1 aliphatic heterocycles. The molecule has 4 heterocycles. The van der Waals surface area contributed by atoms with E-state index in [4.69, 9.17) is 9.72 Å². The molecule has 3 aromatic heterocycles. The van der Waals surface area contributed by atoms with Crippen LogP contribution in [0.5, 0.6) is 0 Å². The molecule has 4 aromatic rings. The second kappa shape index (κ2) is 8.77. The minimum absolute atomic E-state index is 0.190. The third-order valence-corrected chi connectivity index (χ3v) is 6.93. The summed E-state index contributed by atoms with van der Waals surface area (Å²) in [5, 5.41) is 5.94. The van der Waals surface area contributed by atoms with Crippen LogP contribution in [0.1, 0.15) is 59.9 Å². The summed E-state index contributed by atoms with van der Waals surface area (Å²) in [6, 6.07) is 5.34. The van der Waals surface area contributed by atoms with E-state index in [1.807, 2.05) is 29.9 Å². The summed E-state index contributed by atoms with van der Waals surface area (Å²) in [6.07, 6.45) is 9.88. The quantitative estimate of drug-likeness (QED) is 0.445. The summed E-state index contributed by atoms with van der Waals surface area (Å²) >= 11 is 0. The van der Waals surface area contributed by atoms with Crippen molar-refractivity contribution < 1.29 is 14.3 Å². The van der Waals surface area contributed by atoms with Crippen LogP contribution in [0.2, 0.25) is 0 Å². The van der Waals surface area contributed by atoms with Gasteiger partial charge in [-0.15, -0.1) is 0 Å². The topological polar surface area (TPSA) is 115 Å². The van der Waals surface area contributed by atoms with E-state index in [0.29, 0.717) is 47.2 Å². The van der Waals surface area contributed by atoms with Gasteiger partial charge in [-0.1, -0.05) is 6.42 Å². The van der Waals surface area contributed by atoms with Crippen LogP contribution in [0.15, 0.2) is 36.8 Å². The minimum Gasteiger partial charge on any atom is -0.368 e. The van der Waals surface area contributed by atoms with Gasteiger partial charge in [0.1, 0.15) is 11.9 Å². The van der Waals surface area contributed by atoms with E-state index in [0.717, 1.165) is 30.6 Å². The van der Waals surface area contributed by atoms with Crippen molar-refractivity contribution in [2.45, 2.75) is 50.7 Å². The number of imidazole rings is 2. The number of aryl methyl sites for hydroxylation is 1. The van der Waals surface area contributed by atoms with Crippen molar-refractivity contribution >= 4 is 34.3 Å². The highest BCUT2D eigenvalue weighted by Crippen LogP contribution is 2.38. The highest BCUT2D eigenvalue weighted by Gasteiger charge is 2.28. The molecular weight excluding hydrogens is 446 g/mol. The Labute approximate surface area is 201 Å². The summed E-state index contributed by atoms with van der Waals surface area (Å²) in [5.74, 6) is 1.53. The van der Waals surface area contributed by atoms with E-state index in [1.165, 1.54) is 6.42 Å². The van der Waals surface area contributed by atoms with Crippen LogP contribution in [0, 0.1) is 0 Å². The molecule has 6 rings (SSSR count). The van der Waals surface area contributed by atoms with Crippen molar-refractivity contribution in [1.29, 1.82) is 0 Å². The summed E-state index contributed by atoms with van der Waals surface area (Å²) in [6.45, 7) is 0.847. The van der Waals surface area contributed by atoms with Gasteiger partial charge in [0.25, 0.3) is 11.8 Å². The van der Waals surface area contributed by atoms with Crippen LogP contribution < -0.4 is 10.6 Å². The normalized spacial score (nSPS) is 18.1. The number of hydrogen-bond acceptors (Lipinski definition) is 6. The molecule has 0 unspecified atom stereocenters. The number of fused-ring (bicyclic) bond motifs is 2. The Hall–Kier alpha value is -3.79. The number of hydrogen-bond donors (Lipinski definition) is 2. The monoisotopic (exact) mass is 473 g/mol. The maximum absolute atomic E-state index is 13.1. The van der Waals surface area contributed by atoms with E-state index in [-0.39, 0.29) is 18.4 Å². The fourth-order valence-electron chi connectivity index (χ4n) is 4.86. The lowest BCUT2D eigenvalue weighted by molar-refractivity contribution is -0.124. The number of aromatic nitrogens is 5. The number of anilines is 1. The smallest absolute Gasteiger partial charge is 0.253 e. The maximum Gasteiger partial charge on any atom is 0.253 e. The number of rotatable bonds is 6. The number of carbonyl (C=O) groups is 2. The first-order chi connectivity index (χ1) is 17.1. The Morgan fingerprint density at radius 2 is 2.06 bits per heavy atom. The predicted octanol–water partition coefficient (Wildman–Crippen LogP) is 2.93. The summed E-state index contributed by atoms with van der Waals surface area (Å²) in [7, 11) is 1.97. The van der Waals surface area contributed by atoms with E-state index in [9.17, 15) is 9.59 Å². The first-order valence-electron chi connectivity index (χ1n) is 12.1. The van der Waals surface area contributed by atoms with E-state index >= 15 is 0 Å². The second-order valence-electron chi connectivity index (χ2n) is 9.28. The van der Waals surface area contributed by atoms with Gasteiger partial charge in [-0.2, -0.15) is 0 Å². The molecule has 180 valence electrons. The summed E-state index contributed by atoms with van der Waals surface area (Å²) in [4.78, 5) is 39.5. The van der Waals surface area contributed by atoms with Crippen LogP contribution in [0.4, 0.5) is 5.69 Å². The zero-order valence-electron chi connectivity index (χ0n) is 19.5. The number of nitrogens with one attached hydrogen (secondary N) is 2. The Balaban J connectivity index is 1.30. The standard InChI is InChI=1S/C25H27N7O3/c1-31-21-18(29-22(31)15-5-2-6-15)11-16(12-19(21)30-24(34)20-7-3-10-35-20)23(33)27-13-17-14-32-9-4-8-26-25(32)28-17/h4,8-9,11-12,14-15,20H,2-3,5-7,10,13H2,1H3,(H,27,33)(H,30,34)/t20-/m0/s1. The van der Waals surface area contributed by atoms with E-state index in [1.54, 1.807) is 18.3 Å². The average Bonchev–Trinajstić information content (AvgIpc) is 3.56. The van der Waals surface area contributed by atoms with Crippen molar-refractivity contribution in [3.05, 3.63) is 53.9 Å². The van der Waals surface area contributed by atoms with Crippen LogP contribution >= 0.6 is 0 Å². The molecule has 1 saturated heterocycles. The first-order valence-corrected chi connectivity index (χ1v) is 12.1. The van der Waals surface area contributed by atoms with Crippen molar-refractivity contribution in [3.63, 3.8) is 0 Å². The minimum atomic E-state index is -0.467. The molecule has 0 radical (unpaired) electrons. The van der Waals surface area contributed by atoms with Crippen molar-refractivity contribution in [1.82, 2.24) is 29.2 Å². The molecule has 1 aliphatic carbocycles. The van der Waals surface area contributed by atoms with Crippen LogP contribution in [-0.2, 0) is 23.1 Å². The van der Waals surface area contributed by atoms with E-state index < -0.39 is 6.10 Å². The molecule has 1 atom stereocenters. The highest BCUT2D eigenvalue weighted by atomic mass is 16.5. The molecule has 1 saturated carbocycles. The van der Waals surface area contributed by atoms with Gasteiger partial charge in [-0.25, -0.2) is 15.0 Å². The van der Waals surface area contributed by atoms with Gasteiger partial charge >= 0.3 is 0 Å². The van der Waals surface area contributed by atoms with Gasteiger partial charge in [0.2, 0.25) is 5.78 Å². The van der Waals surface area contributed by atoms with Gasteiger partial charge in [0, 0.05) is 43.7 Å². The molecule has 0 bridgehead atoms. The molecule has 10 nitrogen and oxygen atoms in total. The fraction of sp³-hybridized carbons (Fsp3) is 0.400. The zero-order valence-corrected chi connectivity index (χ0v) is 19.5. The molecule has 0 spiro atoms. The average molecular weight is 474 g/mol. The molecule has 2 N–H and O–H groups in total. The SMILES string of the molecule is Cn1c(C2CCC2)nc2cc(C(=O)NCc3cn4cccnc4n3)cc(NC(=O)[C@@H]3CCCO3)c21. The molecule has 2 fully saturated rings. The number of carbonyl (C=O) groups excluding carboxylic acids is 2. The number of nitrogens with zero attached hydrogens (tertiary/aromatic N) is 5. The maximum atomic E-state index is 13.1. The molecule has 10 heteroatoms. The van der Waals surface area contributed by atoms with Crippen molar-refractivity contribution in [2.24, 2.45) is 7.05 Å². The number of benzene rings is 1. The molecule has 2 aliphatic rings. The van der Waals surface area contributed by atoms with Crippen LogP contribution in [0.25, 0.3) is 16.8 Å². The number of ether oxygens (including phenoxy) is 1. The van der Waals surface area contributed by atoms with Gasteiger partial charge in [-0.05, 0) is 43.9 Å². The summed E-state index contributed by atoms with van der Waals surface area (Å²) in [5.41, 5.74) is 3.23. The highest BCUT2D eigenvalue weighted by molar-refractivity contribution is 6.06. The molecular formula is C25H27N7O3. The molecule has 2 amide bonds. The molecule has 1 aromatic carbocycles. The van der Waals surface area contributed by atoms with Gasteiger partial charge in [0.05, 0.1) is 29.0 Å². The Morgan fingerprint density at radius 1 is 1.17 bits per heavy atom. The largest absolute Gasteiger partial charge is 0.368 e. The number of amides is 2. The summed E-state index contributed by atoms with van der Waals surface area (Å²) < 4.78 is 9.42. The lowest BCUT2D eigenvalue weighted by atomic mass is 9.85. The predicted molar refractivity (Wildman–Crippen MR) is 129 cm³/mol. The second-order valence-corrected chi connectivity index (χ2v) is 9.28. The Kier molecular flexibility index (Phi) is 5.44. The van der Waals surface area contributed by atoms with Crippen LogP contribution in [-0.4, -0.2) is 48.4 Å². The fourth-order valence-corrected chi connectivity index (χ4v) is 4.86. The van der Waals surface area contributed by atoms with E-state index in [2.05, 4.69) is 25.2 Å². The van der Waals surface area contributed by atoms with Gasteiger partial charge < -0.3 is 19.9 Å². The third-order valence-electron chi connectivity index (χ3n) is 6.93. The van der Waals surface area contributed by atoms with Gasteiger partial charge in [0.15, 0.2) is 0 Å². The Bertz CT molecular complexity index is 1400. The lowest BCUT2D eigenvalue weighted by Gasteiger charge is -2.24. The van der Waals surface area contributed by atoms with Crippen LogP contribution in [0.3, 0.4) is 0 Å². The van der Waals surface area contributed by atoms with Crippen molar-refractivity contribution in [2.75, 3.05) is 11.9 Å². The first kappa shape index (κ1) is 21.7. The third kappa shape index (κ3) is 4.03. The van der Waals surface area contributed by atoms with Crippen molar-refractivity contribution in [3.8, 4) is 0 Å². The zero-order chi connectivity index (χ0) is 23.9. The van der Waals surface area contributed by atoms with Gasteiger partial charge in [-0.3, -0.25) is 14.0 Å².